The highest BCUT2D eigenvalue weighted by molar-refractivity contribution is 5.43. The molecule has 0 bridgehead atoms. The average molecular weight is 412 g/mol. The van der Waals surface area contributed by atoms with Gasteiger partial charge in [-0.1, -0.05) is 48.5 Å². The van der Waals surface area contributed by atoms with E-state index < -0.39 is 11.3 Å². The molecule has 0 aromatic heterocycles. The van der Waals surface area contributed by atoms with Gasteiger partial charge in [-0.15, -0.1) is 0 Å². The van der Waals surface area contributed by atoms with E-state index in [2.05, 4.69) is 36.2 Å². The zero-order chi connectivity index (χ0) is 21.0. The Morgan fingerprint density at radius 1 is 0.767 bits per heavy atom. The molecule has 0 radical (unpaired) electrons. The molecule has 2 aromatic rings. The molecular formula is C27H35F2N. The minimum absolute atomic E-state index is 0.580. The van der Waals surface area contributed by atoms with Crippen LogP contribution in [0.5, 0.6) is 0 Å². The van der Waals surface area contributed by atoms with Crippen LogP contribution in [0.4, 0.5) is 8.78 Å². The molecule has 0 unspecified atom stereocenters. The van der Waals surface area contributed by atoms with Crippen molar-refractivity contribution < 1.29 is 8.78 Å². The highest BCUT2D eigenvalue weighted by atomic mass is 19.1. The van der Waals surface area contributed by atoms with Crippen molar-refractivity contribution in [2.45, 2.75) is 82.1 Å². The number of hydrogen-bond acceptors (Lipinski definition) is 1. The third-order valence-electron chi connectivity index (χ3n) is 7.20. The van der Waals surface area contributed by atoms with Crippen LogP contribution < -0.4 is 0 Å². The van der Waals surface area contributed by atoms with Gasteiger partial charge in [0, 0.05) is 6.54 Å². The third-order valence-corrected chi connectivity index (χ3v) is 7.20. The van der Waals surface area contributed by atoms with Gasteiger partial charge in [-0.05, 0) is 100 Å². The second-order valence-electron chi connectivity index (χ2n) is 9.50. The van der Waals surface area contributed by atoms with Crippen LogP contribution in [0, 0.1) is 0 Å². The Morgan fingerprint density at radius 3 is 1.83 bits per heavy atom. The Labute approximate surface area is 180 Å². The Bertz CT molecular complexity index is 780. The van der Waals surface area contributed by atoms with Crippen LogP contribution in [-0.4, -0.2) is 18.5 Å². The molecule has 0 atom stereocenters. The SMILES string of the molecule is CN(CCCc1c(C2(F)CCCC2)cccc1C1(F)CCCC1)Cc1ccccc1. The Kier molecular flexibility index (Phi) is 6.57. The van der Waals surface area contributed by atoms with Gasteiger partial charge in [0.15, 0.2) is 0 Å². The largest absolute Gasteiger partial charge is 0.302 e. The lowest BCUT2D eigenvalue weighted by Gasteiger charge is -2.30. The maximum atomic E-state index is 15.8. The summed E-state index contributed by atoms with van der Waals surface area (Å²) < 4.78 is 31.7. The van der Waals surface area contributed by atoms with Gasteiger partial charge in [0.25, 0.3) is 0 Å². The van der Waals surface area contributed by atoms with Crippen molar-refractivity contribution in [1.29, 1.82) is 0 Å². The fraction of sp³-hybridized carbons (Fsp3) is 0.556. The topological polar surface area (TPSA) is 3.24 Å². The van der Waals surface area contributed by atoms with Crippen molar-refractivity contribution in [2.24, 2.45) is 0 Å². The second kappa shape index (κ2) is 9.18. The van der Waals surface area contributed by atoms with Crippen molar-refractivity contribution in [3.05, 3.63) is 70.8 Å². The molecule has 162 valence electrons. The smallest absolute Gasteiger partial charge is 0.136 e. The van der Waals surface area contributed by atoms with Crippen LogP contribution >= 0.6 is 0 Å². The Morgan fingerprint density at radius 2 is 1.30 bits per heavy atom. The summed E-state index contributed by atoms with van der Waals surface area (Å²) in [6.07, 6.45) is 7.71. The van der Waals surface area contributed by atoms with E-state index in [1.807, 2.05) is 24.3 Å². The zero-order valence-corrected chi connectivity index (χ0v) is 18.3. The molecule has 0 saturated heterocycles. The summed E-state index contributed by atoms with van der Waals surface area (Å²) in [4.78, 5) is 2.30. The predicted molar refractivity (Wildman–Crippen MR) is 120 cm³/mol. The van der Waals surface area contributed by atoms with Crippen LogP contribution in [0.1, 0.15) is 80.0 Å². The standard InChI is InChI=1S/C27H35F2N/c1-30(21-22-11-3-2-4-12-22)20-10-13-23-24(26(28)16-5-6-17-26)14-9-15-25(23)27(29)18-7-8-19-27/h2-4,9,11-12,14-15H,5-8,10,13,16-21H2,1H3. The van der Waals surface area contributed by atoms with E-state index >= 15 is 8.78 Å². The van der Waals surface area contributed by atoms with Crippen molar-refractivity contribution in [3.8, 4) is 0 Å². The Hall–Kier alpha value is -1.74. The minimum atomic E-state index is -1.27. The number of hydrogen-bond donors (Lipinski definition) is 0. The highest BCUT2D eigenvalue weighted by Gasteiger charge is 2.42. The summed E-state index contributed by atoms with van der Waals surface area (Å²) in [5.74, 6) is 0. The van der Waals surface area contributed by atoms with Gasteiger partial charge in [0.2, 0.25) is 0 Å². The van der Waals surface area contributed by atoms with Crippen LogP contribution in [0.3, 0.4) is 0 Å². The van der Waals surface area contributed by atoms with E-state index in [0.29, 0.717) is 25.7 Å². The number of alkyl halides is 2. The summed E-state index contributed by atoms with van der Waals surface area (Å²) >= 11 is 0. The molecule has 2 fully saturated rings. The average Bonchev–Trinajstić information content (AvgIpc) is 3.39. The van der Waals surface area contributed by atoms with E-state index in [4.69, 9.17) is 0 Å². The van der Waals surface area contributed by atoms with Crippen molar-refractivity contribution in [1.82, 2.24) is 4.90 Å². The molecule has 0 amide bonds. The van der Waals surface area contributed by atoms with Crippen molar-refractivity contribution >= 4 is 0 Å². The summed E-state index contributed by atoms with van der Waals surface area (Å²) in [5, 5.41) is 0. The summed E-state index contributed by atoms with van der Waals surface area (Å²) in [5.41, 5.74) is 1.30. The van der Waals surface area contributed by atoms with E-state index in [9.17, 15) is 0 Å². The number of halogens is 2. The first kappa shape index (κ1) is 21.5. The predicted octanol–water partition coefficient (Wildman–Crippen LogP) is 7.23. The third kappa shape index (κ3) is 4.61. The van der Waals surface area contributed by atoms with Crippen molar-refractivity contribution in [3.63, 3.8) is 0 Å². The molecule has 4 rings (SSSR count). The van der Waals surface area contributed by atoms with Crippen LogP contribution in [0.25, 0.3) is 0 Å². The Balaban J connectivity index is 1.52. The van der Waals surface area contributed by atoms with Crippen LogP contribution in [0.2, 0.25) is 0 Å². The molecule has 2 aliphatic rings. The molecule has 3 heteroatoms. The summed E-state index contributed by atoms with van der Waals surface area (Å²) in [7, 11) is 2.13. The normalized spacial score (nSPS) is 20.1. The van der Waals surface area contributed by atoms with Crippen LogP contribution in [-0.2, 0) is 24.3 Å². The minimum Gasteiger partial charge on any atom is -0.302 e. The maximum Gasteiger partial charge on any atom is 0.136 e. The number of benzene rings is 2. The van der Waals surface area contributed by atoms with Gasteiger partial charge in [0.1, 0.15) is 11.3 Å². The monoisotopic (exact) mass is 411 g/mol. The van der Waals surface area contributed by atoms with Gasteiger partial charge < -0.3 is 4.90 Å². The maximum absolute atomic E-state index is 15.8. The first-order valence-corrected chi connectivity index (χ1v) is 11.7. The van der Waals surface area contributed by atoms with Gasteiger partial charge >= 0.3 is 0 Å². The van der Waals surface area contributed by atoms with Gasteiger partial charge in [0.05, 0.1) is 0 Å². The van der Waals surface area contributed by atoms with Gasteiger partial charge in [-0.25, -0.2) is 8.78 Å². The number of rotatable bonds is 8. The quantitative estimate of drug-likeness (QED) is 0.443. The lowest BCUT2D eigenvalue weighted by molar-refractivity contribution is 0.162. The fourth-order valence-corrected chi connectivity index (χ4v) is 5.61. The van der Waals surface area contributed by atoms with E-state index in [-0.39, 0.29) is 0 Å². The first-order valence-electron chi connectivity index (χ1n) is 11.7. The second-order valence-corrected chi connectivity index (χ2v) is 9.50. The summed E-state index contributed by atoms with van der Waals surface area (Å²) in [6.45, 7) is 1.82. The van der Waals surface area contributed by atoms with Crippen molar-refractivity contribution in [2.75, 3.05) is 13.6 Å². The fourth-order valence-electron chi connectivity index (χ4n) is 5.61. The lowest BCUT2D eigenvalue weighted by Crippen LogP contribution is -2.25. The van der Waals surface area contributed by atoms with E-state index in [0.717, 1.165) is 68.3 Å². The highest BCUT2D eigenvalue weighted by Crippen LogP contribution is 2.49. The molecule has 2 aliphatic carbocycles. The summed E-state index contributed by atoms with van der Waals surface area (Å²) in [6, 6.07) is 16.2. The van der Waals surface area contributed by atoms with E-state index in [1.54, 1.807) is 0 Å². The van der Waals surface area contributed by atoms with E-state index in [1.165, 1.54) is 5.56 Å². The first-order chi connectivity index (χ1) is 14.5. The number of nitrogens with zero attached hydrogens (tertiary/aromatic N) is 1. The molecule has 2 saturated carbocycles. The molecule has 30 heavy (non-hydrogen) atoms. The zero-order valence-electron chi connectivity index (χ0n) is 18.3. The molecule has 0 heterocycles. The molecule has 1 nitrogen and oxygen atoms in total. The molecule has 0 spiro atoms. The van der Waals surface area contributed by atoms with Crippen LogP contribution in [0.15, 0.2) is 48.5 Å². The molecular weight excluding hydrogens is 376 g/mol. The van der Waals surface area contributed by atoms with Gasteiger partial charge in [-0.2, -0.15) is 0 Å². The van der Waals surface area contributed by atoms with Gasteiger partial charge in [-0.3, -0.25) is 0 Å². The molecule has 0 N–H and O–H groups in total. The molecule has 2 aromatic carbocycles. The lowest BCUT2D eigenvalue weighted by atomic mass is 9.80. The molecule has 0 aliphatic heterocycles.